The van der Waals surface area contributed by atoms with Gasteiger partial charge in [-0.05, 0) is 43.9 Å². The predicted octanol–water partition coefficient (Wildman–Crippen LogP) is 2.69. The summed E-state index contributed by atoms with van der Waals surface area (Å²) >= 11 is 0. The molecule has 0 radical (unpaired) electrons. The average Bonchev–Trinajstić information content (AvgIpc) is 2.67. The van der Waals surface area contributed by atoms with Crippen LogP contribution in [0.15, 0.2) is 30.3 Å². The minimum Gasteiger partial charge on any atom is -0.356 e. The van der Waals surface area contributed by atoms with Gasteiger partial charge in [-0.25, -0.2) is 9.37 Å². The quantitative estimate of drug-likeness (QED) is 0.733. The highest BCUT2D eigenvalue weighted by atomic mass is 19.1. The highest BCUT2D eigenvalue weighted by Gasteiger charge is 2.13. The van der Waals surface area contributed by atoms with E-state index in [1.165, 1.54) is 31.4 Å². The van der Waals surface area contributed by atoms with Crippen molar-refractivity contribution in [1.29, 1.82) is 0 Å². The maximum absolute atomic E-state index is 12.9. The maximum Gasteiger partial charge on any atom is 0.224 e. The number of aryl methyl sites for hydroxylation is 1. The van der Waals surface area contributed by atoms with E-state index in [1.807, 2.05) is 13.0 Å². The molecule has 0 saturated carbocycles. The third kappa shape index (κ3) is 5.91. The first-order chi connectivity index (χ1) is 13.1. The van der Waals surface area contributed by atoms with E-state index < -0.39 is 0 Å². The topological polar surface area (TPSA) is 70.2 Å². The zero-order valence-electron chi connectivity index (χ0n) is 15.7. The fourth-order valence-electron chi connectivity index (χ4n) is 3.14. The van der Waals surface area contributed by atoms with E-state index in [0.29, 0.717) is 19.0 Å². The molecule has 2 heterocycles. The predicted molar refractivity (Wildman–Crippen MR) is 104 cm³/mol. The van der Waals surface area contributed by atoms with E-state index in [1.54, 1.807) is 12.1 Å². The molecule has 1 amide bonds. The molecule has 1 aliphatic heterocycles. The standard InChI is InChI=1S/C20H26FN5O/c1-15-13-18(26-11-3-2-4-12-26)25-20(24-15)23-10-9-22-19(27)14-16-5-7-17(21)8-6-16/h5-8,13H,2-4,9-12,14H2,1H3,(H,22,27)(H,23,24,25). The second-order valence-corrected chi connectivity index (χ2v) is 6.82. The molecule has 6 nitrogen and oxygen atoms in total. The smallest absolute Gasteiger partial charge is 0.224 e. The van der Waals surface area contributed by atoms with Crippen LogP contribution in [0.25, 0.3) is 0 Å². The Balaban J connectivity index is 1.45. The number of benzene rings is 1. The Bertz CT molecular complexity index is 759. The van der Waals surface area contributed by atoms with Gasteiger partial charge < -0.3 is 15.5 Å². The monoisotopic (exact) mass is 371 g/mol. The molecule has 1 fully saturated rings. The summed E-state index contributed by atoms with van der Waals surface area (Å²) in [6, 6.07) is 7.98. The van der Waals surface area contributed by atoms with Crippen molar-refractivity contribution in [3.8, 4) is 0 Å². The van der Waals surface area contributed by atoms with Gasteiger partial charge in [-0.1, -0.05) is 12.1 Å². The Labute approximate surface area is 159 Å². The van der Waals surface area contributed by atoms with Crippen molar-refractivity contribution in [2.24, 2.45) is 0 Å². The number of piperidine rings is 1. The molecule has 0 atom stereocenters. The maximum atomic E-state index is 12.9. The van der Waals surface area contributed by atoms with Crippen LogP contribution in [0.4, 0.5) is 16.2 Å². The van der Waals surface area contributed by atoms with Crippen molar-refractivity contribution >= 4 is 17.7 Å². The minimum atomic E-state index is -0.301. The number of carbonyl (C=O) groups excluding carboxylic acids is 1. The van der Waals surface area contributed by atoms with E-state index in [2.05, 4.69) is 25.5 Å². The summed E-state index contributed by atoms with van der Waals surface area (Å²) in [4.78, 5) is 23.3. The van der Waals surface area contributed by atoms with Gasteiger partial charge >= 0.3 is 0 Å². The van der Waals surface area contributed by atoms with Crippen LogP contribution < -0.4 is 15.5 Å². The number of carbonyl (C=O) groups is 1. The Kier molecular flexibility index (Phi) is 6.57. The van der Waals surface area contributed by atoms with Crippen molar-refractivity contribution in [1.82, 2.24) is 15.3 Å². The van der Waals surface area contributed by atoms with Gasteiger partial charge in [0.15, 0.2) is 0 Å². The molecule has 1 aromatic carbocycles. The third-order valence-electron chi connectivity index (χ3n) is 4.53. The highest BCUT2D eigenvalue weighted by molar-refractivity contribution is 5.78. The van der Waals surface area contributed by atoms with E-state index in [4.69, 9.17) is 0 Å². The molecule has 0 bridgehead atoms. The van der Waals surface area contributed by atoms with Crippen molar-refractivity contribution in [2.45, 2.75) is 32.6 Å². The first-order valence-corrected chi connectivity index (χ1v) is 9.46. The molecule has 2 aromatic rings. The molecule has 0 unspecified atom stereocenters. The van der Waals surface area contributed by atoms with Gasteiger partial charge in [0.1, 0.15) is 11.6 Å². The lowest BCUT2D eigenvalue weighted by molar-refractivity contribution is -0.120. The number of hydrogen-bond acceptors (Lipinski definition) is 5. The summed E-state index contributed by atoms with van der Waals surface area (Å²) in [7, 11) is 0. The number of halogens is 1. The van der Waals surface area contributed by atoms with Gasteiger partial charge in [-0.2, -0.15) is 4.98 Å². The highest BCUT2D eigenvalue weighted by Crippen LogP contribution is 2.19. The number of anilines is 2. The SMILES string of the molecule is Cc1cc(N2CCCCC2)nc(NCCNC(=O)Cc2ccc(F)cc2)n1. The van der Waals surface area contributed by atoms with E-state index in [0.717, 1.165) is 30.2 Å². The fourth-order valence-corrected chi connectivity index (χ4v) is 3.14. The Morgan fingerprint density at radius 1 is 1.11 bits per heavy atom. The van der Waals surface area contributed by atoms with E-state index >= 15 is 0 Å². The number of nitrogens with one attached hydrogen (secondary N) is 2. The van der Waals surface area contributed by atoms with Gasteiger partial charge in [0.05, 0.1) is 6.42 Å². The molecule has 27 heavy (non-hydrogen) atoms. The number of aromatic nitrogens is 2. The summed E-state index contributed by atoms with van der Waals surface area (Å²) in [5.74, 6) is 1.15. The zero-order valence-corrected chi connectivity index (χ0v) is 15.7. The molecule has 0 aliphatic carbocycles. The van der Waals surface area contributed by atoms with Crippen LogP contribution in [0.5, 0.6) is 0 Å². The van der Waals surface area contributed by atoms with Crippen LogP contribution in [-0.2, 0) is 11.2 Å². The summed E-state index contributed by atoms with van der Waals surface area (Å²) in [5.41, 5.74) is 1.71. The number of rotatable bonds is 7. The molecular formula is C20H26FN5O. The molecule has 3 rings (SSSR count). The van der Waals surface area contributed by atoms with Crippen LogP contribution in [0.3, 0.4) is 0 Å². The molecule has 0 spiro atoms. The zero-order chi connectivity index (χ0) is 19.1. The Morgan fingerprint density at radius 3 is 2.59 bits per heavy atom. The first-order valence-electron chi connectivity index (χ1n) is 9.46. The normalized spacial score (nSPS) is 14.1. The van der Waals surface area contributed by atoms with Crippen LogP contribution in [0.1, 0.15) is 30.5 Å². The average molecular weight is 371 g/mol. The molecule has 1 aliphatic rings. The molecule has 144 valence electrons. The van der Waals surface area contributed by atoms with Crippen LogP contribution >= 0.6 is 0 Å². The van der Waals surface area contributed by atoms with Crippen molar-refractivity contribution in [2.75, 3.05) is 36.4 Å². The van der Waals surface area contributed by atoms with Crippen molar-refractivity contribution in [3.05, 3.63) is 47.4 Å². The Morgan fingerprint density at radius 2 is 1.85 bits per heavy atom. The van der Waals surface area contributed by atoms with Crippen LogP contribution in [0.2, 0.25) is 0 Å². The van der Waals surface area contributed by atoms with Crippen LogP contribution in [0, 0.1) is 12.7 Å². The lowest BCUT2D eigenvalue weighted by Crippen LogP contribution is -2.31. The van der Waals surface area contributed by atoms with Crippen LogP contribution in [-0.4, -0.2) is 42.1 Å². The van der Waals surface area contributed by atoms with Gasteiger partial charge in [-0.15, -0.1) is 0 Å². The van der Waals surface area contributed by atoms with Gasteiger partial charge in [0, 0.05) is 37.9 Å². The first kappa shape index (κ1) is 19.1. The molecule has 1 saturated heterocycles. The van der Waals surface area contributed by atoms with Gasteiger partial charge in [-0.3, -0.25) is 4.79 Å². The number of amides is 1. The fraction of sp³-hybridized carbons (Fsp3) is 0.450. The second-order valence-electron chi connectivity index (χ2n) is 6.82. The molecular weight excluding hydrogens is 345 g/mol. The lowest BCUT2D eigenvalue weighted by atomic mass is 10.1. The van der Waals surface area contributed by atoms with E-state index in [9.17, 15) is 9.18 Å². The summed E-state index contributed by atoms with van der Waals surface area (Å²) in [5, 5.41) is 6.03. The second kappa shape index (κ2) is 9.30. The van der Waals surface area contributed by atoms with Crippen molar-refractivity contribution < 1.29 is 9.18 Å². The summed E-state index contributed by atoms with van der Waals surface area (Å²) in [6.07, 6.45) is 3.92. The van der Waals surface area contributed by atoms with Gasteiger partial charge in [0.25, 0.3) is 0 Å². The number of nitrogens with zero attached hydrogens (tertiary/aromatic N) is 3. The van der Waals surface area contributed by atoms with Gasteiger partial charge in [0.2, 0.25) is 11.9 Å². The van der Waals surface area contributed by atoms with E-state index in [-0.39, 0.29) is 18.1 Å². The summed E-state index contributed by atoms with van der Waals surface area (Å²) < 4.78 is 12.9. The lowest BCUT2D eigenvalue weighted by Gasteiger charge is -2.28. The number of hydrogen-bond donors (Lipinski definition) is 2. The molecule has 7 heteroatoms. The minimum absolute atomic E-state index is 0.0948. The Hall–Kier alpha value is -2.70. The molecule has 2 N–H and O–H groups in total. The largest absolute Gasteiger partial charge is 0.356 e. The van der Waals surface area contributed by atoms with Crippen molar-refractivity contribution in [3.63, 3.8) is 0 Å². The third-order valence-corrected chi connectivity index (χ3v) is 4.53. The molecule has 1 aromatic heterocycles. The summed E-state index contributed by atoms with van der Waals surface area (Å²) in [6.45, 7) is 5.05.